The predicted octanol–water partition coefficient (Wildman–Crippen LogP) is 2.34. The lowest BCUT2D eigenvalue weighted by Crippen LogP contribution is -2.35. The van der Waals surface area contributed by atoms with Gasteiger partial charge in [-0.25, -0.2) is 0 Å². The van der Waals surface area contributed by atoms with Crippen LogP contribution in [-0.4, -0.2) is 37.3 Å². The van der Waals surface area contributed by atoms with Crippen LogP contribution in [0.5, 0.6) is 5.75 Å². The first-order valence-electron chi connectivity index (χ1n) is 7.08. The van der Waals surface area contributed by atoms with Crippen molar-refractivity contribution in [3.8, 4) is 5.75 Å². The third-order valence-electron chi connectivity index (χ3n) is 4.98. The van der Waals surface area contributed by atoms with Gasteiger partial charge in [-0.3, -0.25) is 0 Å². The number of hydrogen-bond donors (Lipinski definition) is 1. The van der Waals surface area contributed by atoms with Crippen molar-refractivity contribution in [1.29, 1.82) is 0 Å². The molecule has 0 aromatic heterocycles. The van der Waals surface area contributed by atoms with Crippen molar-refractivity contribution in [1.82, 2.24) is 4.90 Å². The molecule has 0 saturated carbocycles. The van der Waals surface area contributed by atoms with Crippen molar-refractivity contribution in [2.45, 2.75) is 31.3 Å². The highest BCUT2D eigenvalue weighted by molar-refractivity contribution is 5.44. The lowest BCUT2D eigenvalue weighted by atomic mass is 9.65. The summed E-state index contributed by atoms with van der Waals surface area (Å²) in [4.78, 5) is 2.35. The Balaban J connectivity index is 2.11. The summed E-state index contributed by atoms with van der Waals surface area (Å²) in [6, 6.07) is 6.14. The molecule has 2 aliphatic rings. The summed E-state index contributed by atoms with van der Waals surface area (Å²) in [6.07, 6.45) is 1.88. The van der Waals surface area contributed by atoms with Crippen LogP contribution in [0.15, 0.2) is 18.2 Å². The van der Waals surface area contributed by atoms with Crippen molar-refractivity contribution in [2.24, 2.45) is 5.92 Å². The lowest BCUT2D eigenvalue weighted by molar-refractivity contribution is 0.0671. The maximum Gasteiger partial charge on any atom is 0.119 e. The molecule has 1 fully saturated rings. The molecule has 19 heavy (non-hydrogen) atoms. The van der Waals surface area contributed by atoms with Gasteiger partial charge in [0.1, 0.15) is 5.75 Å². The van der Waals surface area contributed by atoms with Crippen LogP contribution in [-0.2, 0) is 5.41 Å². The Hall–Kier alpha value is -1.06. The molecule has 0 spiro atoms. The van der Waals surface area contributed by atoms with E-state index in [-0.39, 0.29) is 11.5 Å². The van der Waals surface area contributed by atoms with Crippen molar-refractivity contribution in [3.63, 3.8) is 0 Å². The number of nitrogens with zero attached hydrogens (tertiary/aromatic N) is 1. The molecular weight excluding hydrogens is 238 g/mol. The van der Waals surface area contributed by atoms with Crippen LogP contribution in [0.3, 0.4) is 0 Å². The van der Waals surface area contributed by atoms with E-state index < -0.39 is 0 Å². The van der Waals surface area contributed by atoms with E-state index in [1.165, 1.54) is 5.56 Å². The summed E-state index contributed by atoms with van der Waals surface area (Å²) < 4.78 is 5.36. The SMILES string of the molecule is COc1ccc2c(c1)[C@@]1(C)CCN(C)C[C@@H](C1)[C@@H]2O. The van der Waals surface area contributed by atoms with Gasteiger partial charge in [0.15, 0.2) is 0 Å². The van der Waals surface area contributed by atoms with Gasteiger partial charge in [0.2, 0.25) is 0 Å². The van der Waals surface area contributed by atoms with E-state index in [2.05, 4.69) is 31.0 Å². The van der Waals surface area contributed by atoms with Gasteiger partial charge in [-0.05, 0) is 55.1 Å². The molecule has 1 aliphatic carbocycles. The largest absolute Gasteiger partial charge is 0.497 e. The molecule has 3 rings (SSSR count). The van der Waals surface area contributed by atoms with Gasteiger partial charge in [-0.1, -0.05) is 13.0 Å². The summed E-state index contributed by atoms with van der Waals surface area (Å²) in [7, 11) is 3.86. The van der Waals surface area contributed by atoms with Crippen LogP contribution in [0.4, 0.5) is 0 Å². The van der Waals surface area contributed by atoms with Crippen molar-refractivity contribution >= 4 is 0 Å². The van der Waals surface area contributed by atoms with E-state index in [0.717, 1.165) is 37.2 Å². The summed E-state index contributed by atoms with van der Waals surface area (Å²) in [6.45, 7) is 4.42. The topological polar surface area (TPSA) is 32.7 Å². The molecule has 104 valence electrons. The number of hydrogen-bond acceptors (Lipinski definition) is 3. The predicted molar refractivity (Wildman–Crippen MR) is 75.5 cm³/mol. The fraction of sp³-hybridized carbons (Fsp3) is 0.625. The second kappa shape index (κ2) is 4.50. The molecule has 1 aromatic rings. The second-order valence-electron chi connectivity index (χ2n) is 6.44. The first-order valence-corrected chi connectivity index (χ1v) is 7.08. The first kappa shape index (κ1) is 12.9. The molecule has 1 aromatic carbocycles. The van der Waals surface area contributed by atoms with Crippen LogP contribution in [0.25, 0.3) is 0 Å². The van der Waals surface area contributed by atoms with E-state index in [1.54, 1.807) is 7.11 Å². The van der Waals surface area contributed by atoms with E-state index >= 15 is 0 Å². The standard InChI is InChI=1S/C16H23NO2/c1-16-6-7-17(2)10-11(9-16)15(18)13-5-4-12(19-3)8-14(13)16/h4-5,8,11,15,18H,6-7,9-10H2,1-3H3/t11-,15+,16+/m1/s1. The van der Waals surface area contributed by atoms with E-state index in [1.807, 2.05) is 6.07 Å². The van der Waals surface area contributed by atoms with Crippen LogP contribution < -0.4 is 4.74 Å². The van der Waals surface area contributed by atoms with Gasteiger partial charge < -0.3 is 14.7 Å². The molecule has 0 unspecified atom stereocenters. The minimum atomic E-state index is -0.338. The molecule has 3 heteroatoms. The minimum absolute atomic E-state index is 0.165. The molecule has 3 atom stereocenters. The van der Waals surface area contributed by atoms with E-state index in [0.29, 0.717) is 5.92 Å². The molecule has 1 saturated heterocycles. The van der Waals surface area contributed by atoms with Gasteiger partial charge >= 0.3 is 0 Å². The Kier molecular flexibility index (Phi) is 3.06. The number of fused-ring (bicyclic) bond motifs is 4. The Morgan fingerprint density at radius 1 is 1.42 bits per heavy atom. The zero-order valence-corrected chi connectivity index (χ0v) is 12.0. The minimum Gasteiger partial charge on any atom is -0.497 e. The van der Waals surface area contributed by atoms with Crippen molar-refractivity contribution < 1.29 is 9.84 Å². The van der Waals surface area contributed by atoms with Gasteiger partial charge in [-0.15, -0.1) is 0 Å². The highest BCUT2D eigenvalue weighted by Gasteiger charge is 2.43. The average molecular weight is 261 g/mol. The quantitative estimate of drug-likeness (QED) is 0.842. The molecule has 0 amide bonds. The molecule has 1 N–H and O–H groups in total. The molecule has 2 bridgehead atoms. The number of methoxy groups -OCH3 is 1. The number of aliphatic hydroxyl groups is 1. The number of likely N-dealkylation sites (tertiary alicyclic amines) is 1. The smallest absolute Gasteiger partial charge is 0.119 e. The Morgan fingerprint density at radius 3 is 2.95 bits per heavy atom. The van der Waals surface area contributed by atoms with Crippen LogP contribution in [0.2, 0.25) is 0 Å². The lowest BCUT2D eigenvalue weighted by Gasteiger charge is -2.41. The molecule has 1 aliphatic heterocycles. The Bertz CT molecular complexity index is 488. The van der Waals surface area contributed by atoms with Crippen molar-refractivity contribution in [3.05, 3.63) is 29.3 Å². The normalized spacial score (nSPS) is 34.5. The average Bonchev–Trinajstić information content (AvgIpc) is 2.55. The second-order valence-corrected chi connectivity index (χ2v) is 6.44. The first-order chi connectivity index (χ1) is 9.03. The summed E-state index contributed by atoms with van der Waals surface area (Å²) in [5, 5.41) is 10.6. The third kappa shape index (κ3) is 2.05. The maximum absolute atomic E-state index is 10.6. The summed E-state index contributed by atoms with van der Waals surface area (Å²) in [5.41, 5.74) is 2.55. The summed E-state index contributed by atoms with van der Waals surface area (Å²) in [5.74, 6) is 1.24. The highest BCUT2D eigenvalue weighted by atomic mass is 16.5. The Morgan fingerprint density at radius 2 is 2.21 bits per heavy atom. The molecular formula is C16H23NO2. The monoisotopic (exact) mass is 261 g/mol. The van der Waals surface area contributed by atoms with Crippen LogP contribution in [0, 0.1) is 5.92 Å². The number of aliphatic hydroxyl groups excluding tert-OH is 1. The molecule has 1 heterocycles. The fourth-order valence-corrected chi connectivity index (χ4v) is 3.83. The number of benzene rings is 1. The van der Waals surface area contributed by atoms with E-state index in [9.17, 15) is 5.11 Å². The van der Waals surface area contributed by atoms with Crippen molar-refractivity contribution in [2.75, 3.05) is 27.2 Å². The van der Waals surface area contributed by atoms with Gasteiger partial charge in [0.25, 0.3) is 0 Å². The highest BCUT2D eigenvalue weighted by Crippen LogP contribution is 2.49. The number of ether oxygens (including phenoxy) is 1. The van der Waals surface area contributed by atoms with Gasteiger partial charge in [-0.2, -0.15) is 0 Å². The molecule has 0 radical (unpaired) electrons. The fourth-order valence-electron chi connectivity index (χ4n) is 3.83. The van der Waals surface area contributed by atoms with Crippen LogP contribution >= 0.6 is 0 Å². The van der Waals surface area contributed by atoms with Crippen LogP contribution in [0.1, 0.15) is 37.0 Å². The zero-order valence-electron chi connectivity index (χ0n) is 12.0. The summed E-state index contributed by atoms with van der Waals surface area (Å²) >= 11 is 0. The van der Waals surface area contributed by atoms with E-state index in [4.69, 9.17) is 4.74 Å². The Labute approximate surface area is 115 Å². The van der Waals surface area contributed by atoms with Gasteiger partial charge in [0.05, 0.1) is 13.2 Å². The van der Waals surface area contributed by atoms with Gasteiger partial charge in [0, 0.05) is 12.5 Å². The zero-order chi connectivity index (χ0) is 13.6. The third-order valence-corrected chi connectivity index (χ3v) is 4.98. The number of rotatable bonds is 1. The maximum atomic E-state index is 10.6. The molecule has 3 nitrogen and oxygen atoms in total.